The van der Waals surface area contributed by atoms with Crippen LogP contribution in [-0.2, 0) is 9.53 Å². The number of nitrogens with zero attached hydrogens (tertiary/aromatic N) is 1. The van der Waals surface area contributed by atoms with Crippen molar-refractivity contribution in [3.8, 4) is 5.75 Å². The summed E-state index contributed by atoms with van der Waals surface area (Å²) in [5.41, 5.74) is 0.829. The first-order valence-electron chi connectivity index (χ1n) is 6.91. The SMILES string of the molecule is CCOC(=O)COc1cccc(NC(=O)c2cccc(Br)n2)c1. The lowest BCUT2D eigenvalue weighted by molar-refractivity contribution is -0.145. The minimum Gasteiger partial charge on any atom is -0.482 e. The lowest BCUT2D eigenvalue weighted by atomic mass is 10.2. The molecule has 1 N–H and O–H groups in total. The van der Waals surface area contributed by atoms with E-state index >= 15 is 0 Å². The van der Waals surface area contributed by atoms with Gasteiger partial charge in [-0.05, 0) is 47.1 Å². The highest BCUT2D eigenvalue weighted by Gasteiger charge is 2.09. The maximum absolute atomic E-state index is 12.1. The van der Waals surface area contributed by atoms with E-state index in [1.807, 2.05) is 0 Å². The number of aromatic nitrogens is 1. The molecule has 0 aliphatic rings. The Kier molecular flexibility index (Phi) is 6.10. The predicted molar refractivity (Wildman–Crippen MR) is 88.5 cm³/mol. The molecule has 1 heterocycles. The van der Waals surface area contributed by atoms with E-state index in [9.17, 15) is 9.59 Å². The minimum absolute atomic E-state index is 0.182. The van der Waals surface area contributed by atoms with Crippen LogP contribution in [0.15, 0.2) is 47.1 Å². The molecule has 0 aliphatic heterocycles. The van der Waals surface area contributed by atoms with Gasteiger partial charge in [-0.3, -0.25) is 4.79 Å². The first kappa shape index (κ1) is 17.0. The molecule has 0 bridgehead atoms. The van der Waals surface area contributed by atoms with Crippen LogP contribution >= 0.6 is 15.9 Å². The van der Waals surface area contributed by atoms with Crippen LogP contribution in [0.2, 0.25) is 0 Å². The van der Waals surface area contributed by atoms with Crippen molar-refractivity contribution < 1.29 is 19.1 Å². The molecule has 1 amide bonds. The van der Waals surface area contributed by atoms with Crippen molar-refractivity contribution in [3.05, 3.63) is 52.8 Å². The van der Waals surface area contributed by atoms with Crippen LogP contribution in [0.5, 0.6) is 5.75 Å². The summed E-state index contributed by atoms with van der Waals surface area (Å²) in [6, 6.07) is 11.8. The van der Waals surface area contributed by atoms with Gasteiger partial charge in [0, 0.05) is 11.8 Å². The smallest absolute Gasteiger partial charge is 0.344 e. The summed E-state index contributed by atoms with van der Waals surface area (Å²) < 4.78 is 10.7. The molecule has 0 unspecified atom stereocenters. The molecule has 0 saturated heterocycles. The quantitative estimate of drug-likeness (QED) is 0.617. The Bertz CT molecular complexity index is 706. The largest absolute Gasteiger partial charge is 0.482 e. The molecule has 7 heteroatoms. The number of nitrogens with one attached hydrogen (secondary N) is 1. The molecule has 0 saturated carbocycles. The summed E-state index contributed by atoms with van der Waals surface area (Å²) in [6.07, 6.45) is 0. The number of esters is 1. The van der Waals surface area contributed by atoms with Gasteiger partial charge >= 0.3 is 5.97 Å². The number of hydrogen-bond donors (Lipinski definition) is 1. The Morgan fingerprint density at radius 2 is 2.00 bits per heavy atom. The first-order chi connectivity index (χ1) is 11.1. The number of carbonyl (C=O) groups excluding carboxylic acids is 2. The maximum atomic E-state index is 12.1. The molecule has 0 fully saturated rings. The summed E-state index contributed by atoms with van der Waals surface area (Å²) >= 11 is 3.22. The van der Waals surface area contributed by atoms with Crippen LogP contribution in [0.4, 0.5) is 5.69 Å². The zero-order valence-electron chi connectivity index (χ0n) is 12.4. The summed E-state index contributed by atoms with van der Waals surface area (Å²) in [4.78, 5) is 27.5. The van der Waals surface area contributed by atoms with Crippen LogP contribution in [-0.4, -0.2) is 30.1 Å². The molecule has 2 aromatic rings. The normalized spacial score (nSPS) is 10.0. The van der Waals surface area contributed by atoms with Gasteiger partial charge in [-0.25, -0.2) is 9.78 Å². The number of pyridine rings is 1. The number of anilines is 1. The van der Waals surface area contributed by atoms with Crippen molar-refractivity contribution in [2.45, 2.75) is 6.92 Å². The molecule has 1 aromatic heterocycles. The lowest BCUT2D eigenvalue weighted by Crippen LogP contribution is -2.15. The maximum Gasteiger partial charge on any atom is 0.344 e. The standard InChI is InChI=1S/C16H15BrN2O4/c1-2-22-15(20)10-23-12-6-3-5-11(9-12)18-16(21)13-7-4-8-14(17)19-13/h3-9H,2,10H2,1H3,(H,18,21). The van der Waals surface area contributed by atoms with E-state index in [0.717, 1.165) is 0 Å². The number of carbonyl (C=O) groups is 2. The Morgan fingerprint density at radius 1 is 1.22 bits per heavy atom. The fraction of sp³-hybridized carbons (Fsp3) is 0.188. The first-order valence-corrected chi connectivity index (χ1v) is 7.70. The van der Waals surface area contributed by atoms with Crippen molar-refractivity contribution in [2.24, 2.45) is 0 Å². The second-order valence-corrected chi connectivity index (χ2v) is 5.23. The van der Waals surface area contributed by atoms with E-state index in [0.29, 0.717) is 22.6 Å². The Hall–Kier alpha value is -2.41. The topological polar surface area (TPSA) is 77.5 Å². The monoisotopic (exact) mass is 378 g/mol. The van der Waals surface area contributed by atoms with Gasteiger partial charge in [0.05, 0.1) is 6.61 Å². The molecule has 6 nitrogen and oxygen atoms in total. The summed E-state index contributed by atoms with van der Waals surface area (Å²) in [7, 11) is 0. The fourth-order valence-corrected chi connectivity index (χ4v) is 2.08. The molecule has 0 radical (unpaired) electrons. The van der Waals surface area contributed by atoms with Gasteiger partial charge in [0.2, 0.25) is 0 Å². The highest BCUT2D eigenvalue weighted by molar-refractivity contribution is 9.10. The third-order valence-electron chi connectivity index (χ3n) is 2.70. The van der Waals surface area contributed by atoms with Gasteiger partial charge in [-0.15, -0.1) is 0 Å². The molecule has 0 spiro atoms. The van der Waals surface area contributed by atoms with Gasteiger partial charge in [0.15, 0.2) is 6.61 Å². The van der Waals surface area contributed by atoms with Crippen molar-refractivity contribution in [1.82, 2.24) is 4.98 Å². The molecule has 120 valence electrons. The molecular weight excluding hydrogens is 364 g/mol. The third-order valence-corrected chi connectivity index (χ3v) is 3.14. The van der Waals surface area contributed by atoms with Gasteiger partial charge in [-0.1, -0.05) is 12.1 Å². The van der Waals surface area contributed by atoms with E-state index in [4.69, 9.17) is 9.47 Å². The van der Waals surface area contributed by atoms with E-state index in [1.165, 1.54) is 0 Å². The molecule has 23 heavy (non-hydrogen) atoms. The third kappa shape index (κ3) is 5.37. The van der Waals surface area contributed by atoms with Crippen LogP contribution in [0, 0.1) is 0 Å². The fourth-order valence-electron chi connectivity index (χ4n) is 1.74. The Labute approximate surface area is 142 Å². The highest BCUT2D eigenvalue weighted by Crippen LogP contribution is 2.18. The van der Waals surface area contributed by atoms with Crippen molar-refractivity contribution in [1.29, 1.82) is 0 Å². The Morgan fingerprint density at radius 3 is 2.74 bits per heavy atom. The second kappa shape index (κ2) is 8.28. The number of amides is 1. The van der Waals surface area contributed by atoms with E-state index in [1.54, 1.807) is 49.4 Å². The van der Waals surface area contributed by atoms with Crippen LogP contribution in [0.3, 0.4) is 0 Å². The van der Waals surface area contributed by atoms with Crippen molar-refractivity contribution >= 4 is 33.5 Å². The zero-order chi connectivity index (χ0) is 16.7. The van der Waals surface area contributed by atoms with Crippen LogP contribution < -0.4 is 10.1 Å². The summed E-state index contributed by atoms with van der Waals surface area (Å²) in [6.45, 7) is 1.85. The van der Waals surface area contributed by atoms with Crippen LogP contribution in [0.1, 0.15) is 17.4 Å². The summed E-state index contributed by atoms with van der Waals surface area (Å²) in [5, 5.41) is 2.72. The number of ether oxygens (including phenoxy) is 2. The zero-order valence-corrected chi connectivity index (χ0v) is 14.0. The second-order valence-electron chi connectivity index (χ2n) is 4.42. The average Bonchev–Trinajstić information content (AvgIpc) is 2.53. The van der Waals surface area contributed by atoms with Crippen LogP contribution in [0.25, 0.3) is 0 Å². The van der Waals surface area contributed by atoms with Gasteiger partial charge < -0.3 is 14.8 Å². The molecular formula is C16H15BrN2O4. The van der Waals surface area contributed by atoms with Crippen molar-refractivity contribution in [3.63, 3.8) is 0 Å². The number of halogens is 1. The lowest BCUT2D eigenvalue weighted by Gasteiger charge is -2.09. The van der Waals surface area contributed by atoms with Crippen molar-refractivity contribution in [2.75, 3.05) is 18.5 Å². The molecule has 1 aromatic carbocycles. The highest BCUT2D eigenvalue weighted by atomic mass is 79.9. The molecule has 2 rings (SSSR count). The van der Waals surface area contributed by atoms with Gasteiger partial charge in [0.25, 0.3) is 5.91 Å². The van der Waals surface area contributed by atoms with E-state index < -0.39 is 5.97 Å². The average molecular weight is 379 g/mol. The van der Waals surface area contributed by atoms with Gasteiger partial charge in [0.1, 0.15) is 16.0 Å². The molecule has 0 atom stereocenters. The van der Waals surface area contributed by atoms with E-state index in [2.05, 4.69) is 26.2 Å². The number of hydrogen-bond acceptors (Lipinski definition) is 5. The molecule has 0 aliphatic carbocycles. The van der Waals surface area contributed by atoms with Gasteiger partial charge in [-0.2, -0.15) is 0 Å². The number of rotatable bonds is 6. The minimum atomic E-state index is -0.444. The summed E-state index contributed by atoms with van der Waals surface area (Å²) in [5.74, 6) is -0.327. The van der Waals surface area contributed by atoms with E-state index in [-0.39, 0.29) is 18.2 Å². The predicted octanol–water partition coefficient (Wildman–Crippen LogP) is 3.04. The Balaban J connectivity index is 1.99. The number of benzene rings is 1.